The number of carbonyl (C=O) groups excluding carboxylic acids is 1. The molecule has 0 fully saturated rings. The molecule has 0 bridgehead atoms. The molecule has 3 aromatic rings. The highest BCUT2D eigenvalue weighted by atomic mass is 35.5. The normalized spacial score (nSPS) is 10.5. The van der Waals surface area contributed by atoms with Crippen molar-refractivity contribution in [3.8, 4) is 0 Å². The van der Waals surface area contributed by atoms with Gasteiger partial charge in [0, 0.05) is 6.54 Å². The molecule has 0 unspecified atom stereocenters. The number of fused-ring (bicyclic) bond motifs is 1. The Labute approximate surface area is 128 Å². The summed E-state index contributed by atoms with van der Waals surface area (Å²) in [5.74, 6) is -0.158. The Morgan fingerprint density at radius 2 is 1.52 bits per heavy atom. The topological polar surface area (TPSA) is 29.1 Å². The van der Waals surface area contributed by atoms with Gasteiger partial charge in [0.15, 0.2) is 0 Å². The number of benzene rings is 3. The predicted octanol–water partition coefficient (Wildman–Crippen LogP) is 4.42. The Bertz CT molecular complexity index is 784. The molecule has 0 heterocycles. The minimum Gasteiger partial charge on any atom is -0.348 e. The molecular weight excluding hydrogens is 282 g/mol. The summed E-state index contributed by atoms with van der Waals surface area (Å²) in [6.45, 7) is 0.489. The second kappa shape index (κ2) is 5.98. The van der Waals surface area contributed by atoms with Gasteiger partial charge in [-0.2, -0.15) is 0 Å². The van der Waals surface area contributed by atoms with Crippen LogP contribution in [0.5, 0.6) is 0 Å². The molecule has 0 atom stereocenters. The molecule has 0 saturated heterocycles. The first-order valence-corrected chi connectivity index (χ1v) is 7.12. The second-order valence-electron chi connectivity index (χ2n) is 4.85. The lowest BCUT2D eigenvalue weighted by atomic mass is 10.1. The summed E-state index contributed by atoms with van der Waals surface area (Å²) < 4.78 is 0. The zero-order valence-electron chi connectivity index (χ0n) is 11.3. The number of hydrogen-bond donors (Lipinski definition) is 1. The van der Waals surface area contributed by atoms with Crippen LogP contribution in [-0.4, -0.2) is 5.91 Å². The van der Waals surface area contributed by atoms with Crippen molar-refractivity contribution in [1.29, 1.82) is 0 Å². The molecule has 21 heavy (non-hydrogen) atoms. The maximum atomic E-state index is 12.3. The lowest BCUT2D eigenvalue weighted by Crippen LogP contribution is -2.23. The van der Waals surface area contributed by atoms with Gasteiger partial charge in [0.25, 0.3) is 5.91 Å². The van der Waals surface area contributed by atoms with Crippen LogP contribution >= 0.6 is 11.6 Å². The van der Waals surface area contributed by atoms with E-state index in [4.69, 9.17) is 11.6 Å². The van der Waals surface area contributed by atoms with Crippen LogP contribution in [0, 0.1) is 0 Å². The first kappa shape index (κ1) is 13.7. The van der Waals surface area contributed by atoms with Crippen LogP contribution in [0.4, 0.5) is 0 Å². The summed E-state index contributed by atoms with van der Waals surface area (Å²) >= 11 is 6.22. The van der Waals surface area contributed by atoms with Crippen molar-refractivity contribution in [2.75, 3.05) is 0 Å². The number of nitrogens with one attached hydrogen (secondary N) is 1. The third-order valence-corrected chi connectivity index (χ3v) is 3.69. The van der Waals surface area contributed by atoms with Gasteiger partial charge in [-0.3, -0.25) is 4.79 Å². The van der Waals surface area contributed by atoms with Crippen molar-refractivity contribution in [3.63, 3.8) is 0 Å². The van der Waals surface area contributed by atoms with E-state index in [0.717, 1.165) is 16.3 Å². The third kappa shape index (κ3) is 3.06. The predicted molar refractivity (Wildman–Crippen MR) is 86.6 cm³/mol. The van der Waals surface area contributed by atoms with Crippen LogP contribution in [0.2, 0.25) is 5.02 Å². The van der Waals surface area contributed by atoms with E-state index in [9.17, 15) is 4.79 Å². The number of hydrogen-bond acceptors (Lipinski definition) is 1. The molecule has 1 amide bonds. The quantitative estimate of drug-likeness (QED) is 0.761. The summed E-state index contributed by atoms with van der Waals surface area (Å²) in [6, 6.07) is 21.3. The molecule has 3 heteroatoms. The molecule has 0 aliphatic carbocycles. The maximum absolute atomic E-state index is 12.3. The van der Waals surface area contributed by atoms with E-state index < -0.39 is 0 Å². The molecule has 0 aliphatic rings. The van der Waals surface area contributed by atoms with Gasteiger partial charge in [-0.05, 0) is 28.5 Å². The highest BCUT2D eigenvalue weighted by molar-refractivity contribution is 6.34. The van der Waals surface area contributed by atoms with E-state index in [0.29, 0.717) is 17.1 Å². The minimum absolute atomic E-state index is 0.158. The maximum Gasteiger partial charge on any atom is 0.253 e. The van der Waals surface area contributed by atoms with E-state index in [1.807, 2.05) is 66.7 Å². The van der Waals surface area contributed by atoms with Gasteiger partial charge in [-0.1, -0.05) is 66.2 Å². The first-order chi connectivity index (χ1) is 10.2. The molecular formula is C18H14ClNO. The molecule has 3 aromatic carbocycles. The fourth-order valence-corrected chi connectivity index (χ4v) is 2.52. The molecule has 1 N–H and O–H groups in total. The van der Waals surface area contributed by atoms with Crippen LogP contribution in [0.25, 0.3) is 10.8 Å². The molecule has 0 saturated carbocycles. The Balaban J connectivity index is 1.82. The standard InChI is InChI=1S/C18H14ClNO/c19-17-11-15-9-5-4-8-14(15)10-16(17)18(21)20-12-13-6-2-1-3-7-13/h1-11H,12H2,(H,20,21). The fraction of sp³-hybridized carbons (Fsp3) is 0.0556. The van der Waals surface area contributed by atoms with Crippen molar-refractivity contribution < 1.29 is 4.79 Å². The van der Waals surface area contributed by atoms with Crippen molar-refractivity contribution in [2.45, 2.75) is 6.54 Å². The van der Waals surface area contributed by atoms with Gasteiger partial charge >= 0.3 is 0 Å². The van der Waals surface area contributed by atoms with Gasteiger partial charge in [0.05, 0.1) is 10.6 Å². The third-order valence-electron chi connectivity index (χ3n) is 3.38. The molecule has 104 valence electrons. The van der Waals surface area contributed by atoms with E-state index in [1.54, 1.807) is 0 Å². The van der Waals surface area contributed by atoms with E-state index in [-0.39, 0.29) is 5.91 Å². The summed E-state index contributed by atoms with van der Waals surface area (Å²) in [4.78, 5) is 12.3. The molecule has 0 aromatic heterocycles. The van der Waals surface area contributed by atoms with Crippen LogP contribution in [0.1, 0.15) is 15.9 Å². The van der Waals surface area contributed by atoms with Crippen LogP contribution in [-0.2, 0) is 6.54 Å². The highest BCUT2D eigenvalue weighted by Crippen LogP contribution is 2.24. The summed E-state index contributed by atoms with van der Waals surface area (Å²) in [5, 5.41) is 5.40. The van der Waals surface area contributed by atoms with Gasteiger partial charge in [0.1, 0.15) is 0 Å². The van der Waals surface area contributed by atoms with Gasteiger partial charge in [-0.15, -0.1) is 0 Å². The molecule has 0 radical (unpaired) electrons. The average molecular weight is 296 g/mol. The Morgan fingerprint density at radius 1 is 0.905 bits per heavy atom. The van der Waals surface area contributed by atoms with Crippen LogP contribution in [0.15, 0.2) is 66.7 Å². The average Bonchev–Trinajstić information content (AvgIpc) is 2.53. The lowest BCUT2D eigenvalue weighted by molar-refractivity contribution is 0.0951. The van der Waals surface area contributed by atoms with Crippen molar-refractivity contribution in [3.05, 3.63) is 82.9 Å². The van der Waals surface area contributed by atoms with Gasteiger partial charge < -0.3 is 5.32 Å². The molecule has 0 spiro atoms. The summed E-state index contributed by atoms with van der Waals surface area (Å²) in [6.07, 6.45) is 0. The van der Waals surface area contributed by atoms with Gasteiger partial charge in [-0.25, -0.2) is 0 Å². The smallest absolute Gasteiger partial charge is 0.253 e. The Morgan fingerprint density at radius 3 is 2.24 bits per heavy atom. The Hall–Kier alpha value is -2.32. The Kier molecular flexibility index (Phi) is 3.89. The molecule has 3 rings (SSSR count). The molecule has 0 aliphatic heterocycles. The lowest BCUT2D eigenvalue weighted by Gasteiger charge is -2.08. The van der Waals surface area contributed by atoms with Crippen LogP contribution in [0.3, 0.4) is 0 Å². The van der Waals surface area contributed by atoms with Crippen molar-refractivity contribution >= 4 is 28.3 Å². The summed E-state index contributed by atoms with van der Waals surface area (Å²) in [7, 11) is 0. The molecule has 2 nitrogen and oxygen atoms in total. The van der Waals surface area contributed by atoms with E-state index in [2.05, 4.69) is 5.32 Å². The number of amides is 1. The summed E-state index contributed by atoms with van der Waals surface area (Å²) in [5.41, 5.74) is 1.56. The monoisotopic (exact) mass is 295 g/mol. The van der Waals surface area contributed by atoms with Crippen molar-refractivity contribution in [1.82, 2.24) is 5.32 Å². The number of halogens is 1. The number of rotatable bonds is 3. The zero-order valence-corrected chi connectivity index (χ0v) is 12.1. The second-order valence-corrected chi connectivity index (χ2v) is 5.25. The van der Waals surface area contributed by atoms with Gasteiger partial charge in [0.2, 0.25) is 0 Å². The highest BCUT2D eigenvalue weighted by Gasteiger charge is 2.11. The van der Waals surface area contributed by atoms with Crippen LogP contribution < -0.4 is 5.32 Å². The first-order valence-electron chi connectivity index (χ1n) is 6.74. The SMILES string of the molecule is O=C(NCc1ccccc1)c1cc2ccccc2cc1Cl. The van der Waals surface area contributed by atoms with E-state index >= 15 is 0 Å². The number of carbonyl (C=O) groups is 1. The van der Waals surface area contributed by atoms with Crippen molar-refractivity contribution in [2.24, 2.45) is 0 Å². The zero-order chi connectivity index (χ0) is 14.7. The fourth-order valence-electron chi connectivity index (χ4n) is 2.26. The van der Waals surface area contributed by atoms with E-state index in [1.165, 1.54) is 0 Å². The largest absolute Gasteiger partial charge is 0.348 e. The minimum atomic E-state index is -0.158.